The summed E-state index contributed by atoms with van der Waals surface area (Å²) in [5.74, 6) is 0.930. The first-order valence-electron chi connectivity index (χ1n) is 7.23. The van der Waals surface area contributed by atoms with Crippen LogP contribution in [0.4, 0.5) is 5.69 Å². The van der Waals surface area contributed by atoms with Crippen LogP contribution >= 0.6 is 0 Å². The molecule has 2 rings (SSSR count). The van der Waals surface area contributed by atoms with Crippen LogP contribution in [0, 0.1) is 6.92 Å². The summed E-state index contributed by atoms with van der Waals surface area (Å²) in [5, 5.41) is 6.35. The molecule has 2 aromatic rings. The Morgan fingerprint density at radius 2 is 1.91 bits per heavy atom. The number of aryl methyl sites for hydroxylation is 1. The molecule has 23 heavy (non-hydrogen) atoms. The number of rotatable bonds is 9. The lowest BCUT2D eigenvalue weighted by molar-refractivity contribution is 0.0544. The molecule has 0 aliphatic carbocycles. The van der Waals surface area contributed by atoms with E-state index in [-0.39, 0.29) is 5.91 Å². The quantitative estimate of drug-likeness (QED) is 0.714. The summed E-state index contributed by atoms with van der Waals surface area (Å²) in [6, 6.07) is 7.10. The largest absolute Gasteiger partial charge is 0.491 e. The highest BCUT2D eigenvalue weighted by atomic mass is 16.5. The molecule has 7 nitrogen and oxygen atoms in total. The number of benzene rings is 1. The van der Waals surface area contributed by atoms with Crippen LogP contribution in [0.3, 0.4) is 0 Å². The average Bonchev–Trinajstić information content (AvgIpc) is 2.98. The summed E-state index contributed by atoms with van der Waals surface area (Å²) in [6.45, 7) is 3.75. The SMILES string of the molecule is COCCOCCOc1ccc(NC(=O)c2cnoc2C)cc1. The van der Waals surface area contributed by atoms with E-state index in [1.54, 1.807) is 38.3 Å². The zero-order chi connectivity index (χ0) is 16.5. The standard InChI is InChI=1S/C16H20N2O5/c1-12-15(11-17-23-12)16(19)18-13-3-5-14(6-4-13)22-10-9-21-8-7-20-2/h3-6,11H,7-10H2,1-2H3,(H,18,19). The van der Waals surface area contributed by atoms with Crippen molar-refractivity contribution in [1.29, 1.82) is 0 Å². The zero-order valence-electron chi connectivity index (χ0n) is 13.2. The molecule has 7 heteroatoms. The van der Waals surface area contributed by atoms with Crippen molar-refractivity contribution in [3.63, 3.8) is 0 Å². The Morgan fingerprint density at radius 1 is 1.17 bits per heavy atom. The highest BCUT2D eigenvalue weighted by molar-refractivity contribution is 6.04. The molecule has 0 radical (unpaired) electrons. The number of methoxy groups -OCH3 is 1. The van der Waals surface area contributed by atoms with Crippen LogP contribution in [0.1, 0.15) is 16.1 Å². The summed E-state index contributed by atoms with van der Waals surface area (Å²) < 4.78 is 20.6. The normalized spacial score (nSPS) is 10.5. The first kappa shape index (κ1) is 17.0. The van der Waals surface area contributed by atoms with Crippen molar-refractivity contribution in [2.24, 2.45) is 0 Å². The first-order valence-corrected chi connectivity index (χ1v) is 7.23. The van der Waals surface area contributed by atoms with Crippen LogP contribution in [0.15, 0.2) is 35.0 Å². The van der Waals surface area contributed by atoms with Crippen LogP contribution in [0.5, 0.6) is 5.75 Å². The minimum absolute atomic E-state index is 0.260. The lowest BCUT2D eigenvalue weighted by Crippen LogP contribution is -2.12. The van der Waals surface area contributed by atoms with E-state index in [1.165, 1.54) is 6.20 Å². The molecule has 0 saturated carbocycles. The molecule has 0 atom stereocenters. The van der Waals surface area contributed by atoms with Crippen molar-refractivity contribution in [2.45, 2.75) is 6.92 Å². The molecule has 1 heterocycles. The Morgan fingerprint density at radius 3 is 2.57 bits per heavy atom. The lowest BCUT2D eigenvalue weighted by Gasteiger charge is -2.08. The Labute approximate surface area is 134 Å². The predicted molar refractivity (Wildman–Crippen MR) is 83.8 cm³/mol. The molecule has 0 unspecified atom stereocenters. The summed E-state index contributed by atoms with van der Waals surface area (Å²) in [7, 11) is 1.63. The number of hydrogen-bond donors (Lipinski definition) is 1. The number of ether oxygens (including phenoxy) is 3. The van der Waals surface area contributed by atoms with Gasteiger partial charge in [0.2, 0.25) is 0 Å². The number of anilines is 1. The summed E-state index contributed by atoms with van der Waals surface area (Å²) in [6.07, 6.45) is 1.39. The van der Waals surface area contributed by atoms with Crippen molar-refractivity contribution in [2.75, 3.05) is 38.9 Å². The van der Waals surface area contributed by atoms with E-state index in [0.29, 0.717) is 49.2 Å². The maximum atomic E-state index is 12.0. The van der Waals surface area contributed by atoms with Gasteiger partial charge in [-0.15, -0.1) is 0 Å². The minimum Gasteiger partial charge on any atom is -0.491 e. The fourth-order valence-electron chi connectivity index (χ4n) is 1.81. The smallest absolute Gasteiger partial charge is 0.260 e. The van der Waals surface area contributed by atoms with Crippen LogP contribution in [-0.4, -0.2) is 44.6 Å². The van der Waals surface area contributed by atoms with Gasteiger partial charge in [-0.05, 0) is 31.2 Å². The highest BCUT2D eigenvalue weighted by Crippen LogP contribution is 2.17. The number of nitrogens with zero attached hydrogens (tertiary/aromatic N) is 1. The second kappa shape index (κ2) is 8.92. The van der Waals surface area contributed by atoms with E-state index >= 15 is 0 Å². The van der Waals surface area contributed by atoms with E-state index < -0.39 is 0 Å². The third kappa shape index (κ3) is 5.39. The minimum atomic E-state index is -0.260. The van der Waals surface area contributed by atoms with E-state index in [1.807, 2.05) is 0 Å². The molecule has 0 aliphatic heterocycles. The van der Waals surface area contributed by atoms with Gasteiger partial charge in [0.25, 0.3) is 5.91 Å². The molecule has 1 aromatic carbocycles. The van der Waals surface area contributed by atoms with Crippen molar-refractivity contribution in [3.8, 4) is 5.75 Å². The number of carbonyl (C=O) groups excluding carboxylic acids is 1. The molecule has 0 aliphatic rings. The van der Waals surface area contributed by atoms with Gasteiger partial charge in [0.05, 0.1) is 26.0 Å². The Bertz CT molecular complexity index is 609. The van der Waals surface area contributed by atoms with E-state index in [2.05, 4.69) is 10.5 Å². The number of amides is 1. The van der Waals surface area contributed by atoms with Gasteiger partial charge >= 0.3 is 0 Å². The molecule has 0 spiro atoms. The van der Waals surface area contributed by atoms with E-state index in [4.69, 9.17) is 18.7 Å². The van der Waals surface area contributed by atoms with Gasteiger partial charge in [-0.1, -0.05) is 5.16 Å². The average molecular weight is 320 g/mol. The molecule has 1 amide bonds. The molecule has 0 saturated heterocycles. The van der Waals surface area contributed by atoms with Crippen LogP contribution in [0.2, 0.25) is 0 Å². The fourth-order valence-corrected chi connectivity index (χ4v) is 1.81. The van der Waals surface area contributed by atoms with Gasteiger partial charge in [0.1, 0.15) is 23.7 Å². The Kier molecular flexibility index (Phi) is 6.58. The second-order valence-electron chi connectivity index (χ2n) is 4.73. The van der Waals surface area contributed by atoms with Crippen molar-refractivity contribution in [1.82, 2.24) is 5.16 Å². The molecule has 0 fully saturated rings. The third-order valence-electron chi connectivity index (χ3n) is 3.04. The fraction of sp³-hybridized carbons (Fsp3) is 0.375. The van der Waals surface area contributed by atoms with E-state index in [9.17, 15) is 4.79 Å². The van der Waals surface area contributed by atoms with Gasteiger partial charge in [-0.2, -0.15) is 0 Å². The maximum absolute atomic E-state index is 12.0. The monoisotopic (exact) mass is 320 g/mol. The maximum Gasteiger partial charge on any atom is 0.260 e. The van der Waals surface area contributed by atoms with Crippen molar-refractivity contribution < 1.29 is 23.5 Å². The van der Waals surface area contributed by atoms with Gasteiger partial charge < -0.3 is 24.1 Å². The molecule has 1 aromatic heterocycles. The van der Waals surface area contributed by atoms with Gasteiger partial charge in [-0.25, -0.2) is 0 Å². The van der Waals surface area contributed by atoms with Gasteiger partial charge in [-0.3, -0.25) is 4.79 Å². The van der Waals surface area contributed by atoms with Crippen LogP contribution < -0.4 is 10.1 Å². The molecule has 124 valence electrons. The lowest BCUT2D eigenvalue weighted by atomic mass is 10.2. The highest BCUT2D eigenvalue weighted by Gasteiger charge is 2.12. The zero-order valence-corrected chi connectivity index (χ0v) is 13.2. The van der Waals surface area contributed by atoms with Crippen molar-refractivity contribution >= 4 is 11.6 Å². The second-order valence-corrected chi connectivity index (χ2v) is 4.73. The number of aromatic nitrogens is 1. The van der Waals surface area contributed by atoms with E-state index in [0.717, 1.165) is 0 Å². The number of carbonyl (C=O) groups is 1. The van der Waals surface area contributed by atoms with Crippen LogP contribution in [-0.2, 0) is 9.47 Å². The predicted octanol–water partition coefficient (Wildman–Crippen LogP) is 2.28. The Balaban J connectivity index is 1.76. The number of nitrogens with one attached hydrogen (secondary N) is 1. The van der Waals surface area contributed by atoms with Gasteiger partial charge in [0, 0.05) is 12.8 Å². The summed E-state index contributed by atoms with van der Waals surface area (Å²) >= 11 is 0. The summed E-state index contributed by atoms with van der Waals surface area (Å²) in [4.78, 5) is 12.0. The topological polar surface area (TPSA) is 82.8 Å². The molecular weight excluding hydrogens is 300 g/mol. The first-order chi connectivity index (χ1) is 11.2. The summed E-state index contributed by atoms with van der Waals surface area (Å²) in [5.41, 5.74) is 1.08. The number of hydrogen-bond acceptors (Lipinski definition) is 6. The van der Waals surface area contributed by atoms with Gasteiger partial charge in [0.15, 0.2) is 0 Å². The molecule has 0 bridgehead atoms. The molecule has 1 N–H and O–H groups in total. The molecular formula is C16H20N2O5. The third-order valence-corrected chi connectivity index (χ3v) is 3.04. The van der Waals surface area contributed by atoms with Crippen molar-refractivity contribution in [3.05, 3.63) is 41.8 Å². The Hall–Kier alpha value is -2.38. The van der Waals surface area contributed by atoms with Crippen LogP contribution in [0.25, 0.3) is 0 Å².